The molecular weight excluding hydrogens is 172 g/mol. The average molecular weight is 200 g/mol. The first-order chi connectivity index (χ1) is 6.61. The Morgan fingerprint density at radius 1 is 1.07 bits per heavy atom. The van der Waals surface area contributed by atoms with Gasteiger partial charge in [-0.05, 0) is 53.9 Å². The summed E-state index contributed by atoms with van der Waals surface area (Å²) in [5, 5.41) is 0. The van der Waals surface area contributed by atoms with Crippen LogP contribution in [0.2, 0.25) is 0 Å². The van der Waals surface area contributed by atoms with Gasteiger partial charge in [0.15, 0.2) is 0 Å². The fourth-order valence-corrected chi connectivity index (χ4v) is 1.92. The molecule has 0 N–H and O–H groups in total. The highest BCUT2D eigenvalue weighted by molar-refractivity contribution is 4.78. The second-order valence-electron chi connectivity index (χ2n) is 4.32. The molecule has 0 aliphatic carbocycles. The molecule has 0 saturated carbocycles. The van der Waals surface area contributed by atoms with Crippen LogP contribution in [0.1, 0.15) is 40.5 Å². The molecule has 86 valence electrons. The molecule has 0 aromatic rings. The maximum Gasteiger partial charge on any atom is 0.0113 e. The van der Waals surface area contributed by atoms with Gasteiger partial charge in [-0.2, -0.15) is 0 Å². The van der Waals surface area contributed by atoms with Crippen LogP contribution in [0.3, 0.4) is 0 Å². The van der Waals surface area contributed by atoms with E-state index in [4.69, 9.17) is 0 Å². The minimum absolute atomic E-state index is 0.730. The lowest BCUT2D eigenvalue weighted by molar-refractivity contribution is 0.121. The van der Waals surface area contributed by atoms with Gasteiger partial charge in [-0.1, -0.05) is 13.8 Å². The molecule has 0 atom stereocenters. The van der Waals surface area contributed by atoms with E-state index in [1.54, 1.807) is 0 Å². The quantitative estimate of drug-likeness (QED) is 0.675. The normalized spacial score (nSPS) is 19.7. The van der Waals surface area contributed by atoms with Crippen LogP contribution >= 0.6 is 0 Å². The van der Waals surface area contributed by atoms with Gasteiger partial charge in [-0.15, -0.1) is 0 Å². The van der Waals surface area contributed by atoms with Gasteiger partial charge in [0.25, 0.3) is 0 Å². The number of piperidine rings is 1. The van der Waals surface area contributed by atoms with Crippen molar-refractivity contribution in [2.75, 3.05) is 27.2 Å². The molecule has 0 radical (unpaired) electrons. The minimum Gasteiger partial charge on any atom is -0.306 e. The largest absolute Gasteiger partial charge is 0.306 e. The van der Waals surface area contributed by atoms with E-state index in [0.717, 1.165) is 12.1 Å². The molecular formula is C12H28N2. The molecule has 1 saturated heterocycles. The van der Waals surface area contributed by atoms with Gasteiger partial charge in [-0.3, -0.25) is 0 Å². The SMILES string of the molecule is CC.CC(C)N1CCC(N(C)C)CC1. The molecule has 0 unspecified atom stereocenters. The maximum atomic E-state index is 2.57. The molecule has 2 heteroatoms. The van der Waals surface area contributed by atoms with Crippen molar-refractivity contribution in [2.45, 2.75) is 52.6 Å². The second-order valence-corrected chi connectivity index (χ2v) is 4.32. The predicted octanol–water partition coefficient (Wildman–Crippen LogP) is 2.45. The van der Waals surface area contributed by atoms with Crippen LogP contribution in [-0.4, -0.2) is 49.1 Å². The van der Waals surface area contributed by atoms with Gasteiger partial charge in [0.1, 0.15) is 0 Å². The first-order valence-corrected chi connectivity index (χ1v) is 6.01. The Balaban J connectivity index is 0.000000791. The molecule has 0 aromatic carbocycles. The summed E-state index contributed by atoms with van der Waals surface area (Å²) >= 11 is 0. The lowest BCUT2D eigenvalue weighted by Gasteiger charge is -2.37. The lowest BCUT2D eigenvalue weighted by Crippen LogP contribution is -2.44. The first kappa shape index (κ1) is 13.9. The van der Waals surface area contributed by atoms with Crippen molar-refractivity contribution < 1.29 is 0 Å². The van der Waals surface area contributed by atoms with Gasteiger partial charge >= 0.3 is 0 Å². The number of nitrogens with zero attached hydrogens (tertiary/aromatic N) is 2. The van der Waals surface area contributed by atoms with Crippen molar-refractivity contribution in [1.82, 2.24) is 9.80 Å². The molecule has 1 rings (SSSR count). The molecule has 2 nitrogen and oxygen atoms in total. The summed E-state index contributed by atoms with van der Waals surface area (Å²) < 4.78 is 0. The summed E-state index contributed by atoms with van der Waals surface area (Å²) in [6, 6.07) is 1.55. The van der Waals surface area contributed by atoms with Crippen LogP contribution < -0.4 is 0 Å². The van der Waals surface area contributed by atoms with Crippen molar-refractivity contribution in [3.8, 4) is 0 Å². The Morgan fingerprint density at radius 2 is 1.50 bits per heavy atom. The number of hydrogen-bond donors (Lipinski definition) is 0. The van der Waals surface area contributed by atoms with Crippen LogP contribution in [0.4, 0.5) is 0 Å². The van der Waals surface area contributed by atoms with Gasteiger partial charge in [0, 0.05) is 12.1 Å². The minimum atomic E-state index is 0.730. The van der Waals surface area contributed by atoms with Gasteiger partial charge in [0.2, 0.25) is 0 Å². The number of rotatable bonds is 2. The highest BCUT2D eigenvalue weighted by Crippen LogP contribution is 2.15. The Kier molecular flexibility index (Phi) is 7.20. The Labute approximate surface area is 90.3 Å². The van der Waals surface area contributed by atoms with Crippen molar-refractivity contribution in [2.24, 2.45) is 0 Å². The van der Waals surface area contributed by atoms with Crippen molar-refractivity contribution in [1.29, 1.82) is 0 Å². The summed E-state index contributed by atoms with van der Waals surface area (Å²) in [5.74, 6) is 0. The summed E-state index contributed by atoms with van der Waals surface area (Å²) in [6.45, 7) is 11.1. The maximum absolute atomic E-state index is 2.57. The van der Waals surface area contributed by atoms with E-state index in [1.165, 1.54) is 25.9 Å². The number of hydrogen-bond acceptors (Lipinski definition) is 2. The fourth-order valence-electron chi connectivity index (χ4n) is 1.92. The topological polar surface area (TPSA) is 6.48 Å². The van der Waals surface area contributed by atoms with E-state index in [1.807, 2.05) is 13.8 Å². The fraction of sp³-hybridized carbons (Fsp3) is 1.00. The van der Waals surface area contributed by atoms with Gasteiger partial charge in [-0.25, -0.2) is 0 Å². The van der Waals surface area contributed by atoms with E-state index in [0.29, 0.717) is 0 Å². The lowest BCUT2D eigenvalue weighted by atomic mass is 10.0. The molecule has 1 aliphatic heterocycles. The molecule has 1 heterocycles. The van der Waals surface area contributed by atoms with Crippen LogP contribution in [0.15, 0.2) is 0 Å². The summed E-state index contributed by atoms with van der Waals surface area (Å²) in [4.78, 5) is 4.93. The van der Waals surface area contributed by atoms with Gasteiger partial charge < -0.3 is 9.80 Å². The van der Waals surface area contributed by atoms with E-state index >= 15 is 0 Å². The standard InChI is InChI=1S/C10H22N2.C2H6/c1-9(2)12-7-5-10(6-8-12)11(3)4;1-2/h9-10H,5-8H2,1-4H3;1-2H3. The van der Waals surface area contributed by atoms with Crippen molar-refractivity contribution >= 4 is 0 Å². The second kappa shape index (κ2) is 7.24. The molecule has 14 heavy (non-hydrogen) atoms. The Bertz CT molecular complexity index is 108. The summed E-state index contributed by atoms with van der Waals surface area (Å²) in [7, 11) is 4.38. The van der Waals surface area contributed by atoms with Crippen LogP contribution in [0.25, 0.3) is 0 Å². The van der Waals surface area contributed by atoms with Crippen molar-refractivity contribution in [3.63, 3.8) is 0 Å². The third-order valence-corrected chi connectivity index (χ3v) is 2.96. The van der Waals surface area contributed by atoms with Crippen LogP contribution in [0, 0.1) is 0 Å². The van der Waals surface area contributed by atoms with E-state index in [-0.39, 0.29) is 0 Å². The zero-order chi connectivity index (χ0) is 11.1. The molecule has 1 fully saturated rings. The summed E-state index contributed by atoms with van der Waals surface area (Å²) in [6.07, 6.45) is 2.68. The highest BCUT2D eigenvalue weighted by Gasteiger charge is 2.21. The molecule has 0 amide bonds. The zero-order valence-electron chi connectivity index (χ0n) is 10.9. The highest BCUT2D eigenvalue weighted by atomic mass is 15.2. The Hall–Kier alpha value is -0.0800. The molecule has 1 aliphatic rings. The van der Waals surface area contributed by atoms with Crippen molar-refractivity contribution in [3.05, 3.63) is 0 Å². The average Bonchev–Trinajstić information content (AvgIpc) is 2.21. The third kappa shape index (κ3) is 4.43. The summed E-state index contributed by atoms with van der Waals surface area (Å²) in [5.41, 5.74) is 0. The van der Waals surface area contributed by atoms with E-state index in [2.05, 4.69) is 37.7 Å². The molecule has 0 spiro atoms. The molecule has 0 aromatic heterocycles. The third-order valence-electron chi connectivity index (χ3n) is 2.96. The molecule has 0 bridgehead atoms. The van der Waals surface area contributed by atoms with E-state index < -0.39 is 0 Å². The Morgan fingerprint density at radius 3 is 1.79 bits per heavy atom. The predicted molar refractivity (Wildman–Crippen MR) is 64.8 cm³/mol. The van der Waals surface area contributed by atoms with Gasteiger partial charge in [0.05, 0.1) is 0 Å². The van der Waals surface area contributed by atoms with Crippen LogP contribution in [-0.2, 0) is 0 Å². The smallest absolute Gasteiger partial charge is 0.0113 e. The number of likely N-dealkylation sites (tertiary alicyclic amines) is 1. The monoisotopic (exact) mass is 200 g/mol. The van der Waals surface area contributed by atoms with Crippen LogP contribution in [0.5, 0.6) is 0 Å². The van der Waals surface area contributed by atoms with E-state index in [9.17, 15) is 0 Å². The zero-order valence-corrected chi connectivity index (χ0v) is 10.9. The first-order valence-electron chi connectivity index (χ1n) is 6.01.